The number of nitrogens with zero attached hydrogens (tertiary/aromatic N) is 6. The number of benzene rings is 1. The number of nitrogens with one attached hydrogen (secondary N) is 1. The molecule has 2 heterocycles. The maximum absolute atomic E-state index is 12.6. The number of ether oxygens (including phenoxy) is 1. The molecule has 1 aliphatic rings. The van der Waals surface area contributed by atoms with E-state index < -0.39 is 10.8 Å². The third kappa shape index (κ3) is 3.71. The van der Waals surface area contributed by atoms with Gasteiger partial charge in [-0.15, -0.1) is 5.10 Å². The number of nitro benzene ring substituents is 1. The fraction of sp³-hybridized carbons (Fsp3) is 0.429. The van der Waals surface area contributed by atoms with Crippen molar-refractivity contribution in [2.45, 2.75) is 13.5 Å². The van der Waals surface area contributed by atoms with E-state index in [4.69, 9.17) is 4.74 Å². The van der Waals surface area contributed by atoms with Gasteiger partial charge in [0.25, 0.3) is 17.5 Å². The molecule has 0 atom stereocenters. The van der Waals surface area contributed by atoms with Crippen LogP contribution in [0.15, 0.2) is 18.2 Å². The highest BCUT2D eigenvalue weighted by Gasteiger charge is 2.23. The van der Waals surface area contributed by atoms with Gasteiger partial charge < -0.3 is 9.64 Å². The van der Waals surface area contributed by atoms with Crippen LogP contribution in [-0.4, -0.2) is 57.3 Å². The van der Waals surface area contributed by atoms with Crippen molar-refractivity contribution in [2.24, 2.45) is 0 Å². The molecule has 0 radical (unpaired) electrons. The lowest BCUT2D eigenvalue weighted by molar-refractivity contribution is -0.384. The quantitative estimate of drug-likeness (QED) is 0.618. The Morgan fingerprint density at radius 1 is 1.40 bits per heavy atom. The summed E-state index contributed by atoms with van der Waals surface area (Å²) in [6.07, 6.45) is 0. The molecule has 1 saturated heterocycles. The van der Waals surface area contributed by atoms with Crippen molar-refractivity contribution in [3.05, 3.63) is 33.9 Å². The molecule has 0 unspecified atom stereocenters. The molecule has 3 rings (SSSR count). The van der Waals surface area contributed by atoms with Crippen molar-refractivity contribution < 1.29 is 14.5 Å². The topological polar surface area (TPSA) is 128 Å². The minimum atomic E-state index is -0.536. The molecule has 2 aromatic rings. The van der Waals surface area contributed by atoms with Gasteiger partial charge in [-0.25, -0.2) is 0 Å². The second-order valence-corrected chi connectivity index (χ2v) is 5.31. The van der Waals surface area contributed by atoms with Gasteiger partial charge in [0.1, 0.15) is 0 Å². The number of anilines is 2. The third-order valence-corrected chi connectivity index (χ3v) is 3.75. The molecule has 1 amide bonds. The van der Waals surface area contributed by atoms with Gasteiger partial charge in [0, 0.05) is 25.2 Å². The second-order valence-electron chi connectivity index (χ2n) is 5.31. The Kier molecular flexibility index (Phi) is 4.84. The van der Waals surface area contributed by atoms with E-state index in [0.717, 1.165) is 0 Å². The molecule has 0 spiro atoms. The summed E-state index contributed by atoms with van der Waals surface area (Å²) in [5.74, 6) is -0.480. The lowest BCUT2D eigenvalue weighted by atomic mass is 10.1. The number of aromatic nitrogens is 4. The van der Waals surface area contributed by atoms with Gasteiger partial charge in [-0.1, -0.05) is 5.10 Å². The van der Waals surface area contributed by atoms with Gasteiger partial charge in [-0.3, -0.25) is 20.2 Å². The molecule has 1 fully saturated rings. The van der Waals surface area contributed by atoms with Crippen molar-refractivity contribution in [3.63, 3.8) is 0 Å². The normalized spacial score (nSPS) is 14.4. The maximum atomic E-state index is 12.6. The number of hydrogen-bond acceptors (Lipinski definition) is 8. The van der Waals surface area contributed by atoms with Crippen LogP contribution in [0.3, 0.4) is 0 Å². The number of morpholine rings is 1. The first kappa shape index (κ1) is 16.8. The Morgan fingerprint density at radius 2 is 2.16 bits per heavy atom. The Morgan fingerprint density at radius 3 is 2.80 bits per heavy atom. The lowest BCUT2D eigenvalue weighted by Gasteiger charge is -2.30. The molecule has 132 valence electrons. The van der Waals surface area contributed by atoms with Crippen LogP contribution < -0.4 is 10.2 Å². The van der Waals surface area contributed by atoms with Crippen molar-refractivity contribution in [1.29, 1.82) is 0 Å². The number of carbonyl (C=O) groups excluding carboxylic acids is 1. The zero-order chi connectivity index (χ0) is 17.8. The van der Waals surface area contributed by atoms with Gasteiger partial charge >= 0.3 is 0 Å². The van der Waals surface area contributed by atoms with E-state index in [1.54, 1.807) is 6.07 Å². The summed E-state index contributed by atoms with van der Waals surface area (Å²) in [5, 5.41) is 25.1. The highest BCUT2D eigenvalue weighted by atomic mass is 16.6. The SMILES string of the molecule is CCn1nnc(NC(=O)c2cc([N+](=O)[O-])ccc2N2CCOCC2)n1. The first-order valence-electron chi connectivity index (χ1n) is 7.78. The van der Waals surface area contributed by atoms with Crippen molar-refractivity contribution >= 4 is 23.2 Å². The van der Waals surface area contributed by atoms with Gasteiger partial charge in [0.2, 0.25) is 0 Å². The lowest BCUT2D eigenvalue weighted by Crippen LogP contribution is -2.37. The fourth-order valence-electron chi connectivity index (χ4n) is 2.50. The summed E-state index contributed by atoms with van der Waals surface area (Å²) in [5.41, 5.74) is 0.630. The van der Waals surface area contributed by atoms with Crippen LogP contribution in [0.5, 0.6) is 0 Å². The number of rotatable bonds is 5. The van der Waals surface area contributed by atoms with Gasteiger partial charge in [-0.05, 0) is 18.2 Å². The van der Waals surface area contributed by atoms with E-state index in [-0.39, 0.29) is 17.2 Å². The summed E-state index contributed by atoms with van der Waals surface area (Å²) in [4.78, 5) is 26.5. The highest BCUT2D eigenvalue weighted by molar-refractivity contribution is 6.07. The van der Waals surface area contributed by atoms with E-state index in [0.29, 0.717) is 38.5 Å². The molecule has 0 aliphatic carbocycles. The van der Waals surface area contributed by atoms with E-state index in [1.807, 2.05) is 11.8 Å². The van der Waals surface area contributed by atoms with Gasteiger partial charge in [0.05, 0.1) is 35.9 Å². The summed E-state index contributed by atoms with van der Waals surface area (Å²) in [6.45, 7) is 4.61. The predicted molar refractivity (Wildman–Crippen MR) is 87.6 cm³/mol. The molecular weight excluding hydrogens is 330 g/mol. The average Bonchev–Trinajstić information content (AvgIpc) is 3.09. The molecular formula is C14H17N7O4. The third-order valence-electron chi connectivity index (χ3n) is 3.75. The Labute approximate surface area is 142 Å². The van der Waals surface area contributed by atoms with Crippen molar-refractivity contribution in [3.8, 4) is 0 Å². The zero-order valence-electron chi connectivity index (χ0n) is 13.6. The van der Waals surface area contributed by atoms with E-state index in [2.05, 4.69) is 20.7 Å². The van der Waals surface area contributed by atoms with Crippen LogP contribution in [0.4, 0.5) is 17.3 Å². The van der Waals surface area contributed by atoms with Crippen molar-refractivity contribution in [1.82, 2.24) is 20.2 Å². The first-order valence-corrected chi connectivity index (χ1v) is 7.78. The molecule has 1 aromatic carbocycles. The number of hydrogen-bond donors (Lipinski definition) is 1. The summed E-state index contributed by atoms with van der Waals surface area (Å²) in [7, 11) is 0. The van der Waals surface area contributed by atoms with Crippen LogP contribution in [0.1, 0.15) is 17.3 Å². The summed E-state index contributed by atoms with van der Waals surface area (Å²) >= 11 is 0. The molecule has 1 aromatic heterocycles. The van der Waals surface area contributed by atoms with E-state index >= 15 is 0 Å². The maximum Gasteiger partial charge on any atom is 0.270 e. The minimum Gasteiger partial charge on any atom is -0.378 e. The van der Waals surface area contributed by atoms with Gasteiger partial charge in [0.15, 0.2) is 0 Å². The van der Waals surface area contributed by atoms with Crippen LogP contribution >= 0.6 is 0 Å². The number of non-ortho nitro benzene ring substituents is 1. The minimum absolute atomic E-state index is 0.0475. The Bertz CT molecular complexity index is 785. The summed E-state index contributed by atoms with van der Waals surface area (Å²) in [6, 6.07) is 4.21. The van der Waals surface area contributed by atoms with Gasteiger partial charge in [-0.2, -0.15) is 4.80 Å². The molecule has 25 heavy (non-hydrogen) atoms. The smallest absolute Gasteiger partial charge is 0.270 e. The largest absolute Gasteiger partial charge is 0.378 e. The monoisotopic (exact) mass is 347 g/mol. The second kappa shape index (κ2) is 7.21. The summed E-state index contributed by atoms with van der Waals surface area (Å²) < 4.78 is 5.31. The van der Waals surface area contributed by atoms with Crippen LogP contribution in [-0.2, 0) is 11.3 Å². The van der Waals surface area contributed by atoms with Crippen molar-refractivity contribution in [2.75, 3.05) is 36.5 Å². The van der Waals surface area contributed by atoms with Crippen LogP contribution in [0, 0.1) is 10.1 Å². The molecule has 11 nitrogen and oxygen atoms in total. The molecule has 11 heteroatoms. The molecule has 1 N–H and O–H groups in total. The number of carbonyl (C=O) groups is 1. The molecule has 0 bridgehead atoms. The molecule has 1 aliphatic heterocycles. The fourth-order valence-corrected chi connectivity index (χ4v) is 2.50. The number of nitro groups is 1. The number of aryl methyl sites for hydroxylation is 1. The Balaban J connectivity index is 1.91. The number of amides is 1. The zero-order valence-corrected chi connectivity index (χ0v) is 13.6. The Hall–Kier alpha value is -3.08. The van der Waals surface area contributed by atoms with Crippen LogP contribution in [0.25, 0.3) is 0 Å². The van der Waals surface area contributed by atoms with Crippen LogP contribution in [0.2, 0.25) is 0 Å². The standard InChI is InChI=1S/C14H17N7O4/c1-2-20-17-14(16-18-20)15-13(22)11-9-10(21(23)24)3-4-12(11)19-5-7-25-8-6-19/h3-4,9H,2,5-8H2,1H3,(H,15,17,22). The average molecular weight is 347 g/mol. The highest BCUT2D eigenvalue weighted by Crippen LogP contribution is 2.27. The van der Waals surface area contributed by atoms with E-state index in [9.17, 15) is 14.9 Å². The number of tetrazole rings is 1. The predicted octanol–water partition coefficient (Wildman–Crippen LogP) is 0.690. The van der Waals surface area contributed by atoms with E-state index in [1.165, 1.54) is 16.9 Å². The first-order chi connectivity index (χ1) is 12.1. The molecule has 0 saturated carbocycles.